The van der Waals surface area contributed by atoms with E-state index in [0.29, 0.717) is 6.42 Å². The second kappa shape index (κ2) is 5.83. The van der Waals surface area contributed by atoms with Crippen LogP contribution in [0.4, 0.5) is 8.78 Å². The lowest BCUT2D eigenvalue weighted by atomic mass is 10.1. The van der Waals surface area contributed by atoms with Crippen LogP contribution in [0.3, 0.4) is 0 Å². The molecule has 72 valence electrons. The van der Waals surface area contributed by atoms with Gasteiger partial charge in [-0.05, 0) is 6.42 Å². The zero-order chi connectivity index (χ0) is 9.61. The minimum atomic E-state index is -3.16. The molecule has 0 saturated heterocycles. The molecule has 0 atom stereocenters. The number of carbonyl (C=O) groups is 1. The molecule has 1 nitrogen and oxygen atoms in total. The molecular weight excluding hydrogens is 277 g/mol. The Morgan fingerprint density at radius 2 is 1.92 bits per heavy atom. The first-order valence-electron chi connectivity index (χ1n) is 4.08. The van der Waals surface area contributed by atoms with Crippen LogP contribution in [-0.4, -0.2) is 9.71 Å². The van der Waals surface area contributed by atoms with E-state index in [1.807, 2.05) is 6.92 Å². The van der Waals surface area contributed by atoms with E-state index in [4.69, 9.17) is 0 Å². The number of halogens is 3. The van der Waals surface area contributed by atoms with Crippen molar-refractivity contribution >= 4 is 28.4 Å². The van der Waals surface area contributed by atoms with Crippen molar-refractivity contribution in [2.45, 2.75) is 43.0 Å². The summed E-state index contributed by atoms with van der Waals surface area (Å²) in [5, 5.41) is 0. The van der Waals surface area contributed by atoms with Gasteiger partial charge in [-0.15, -0.1) is 0 Å². The van der Waals surface area contributed by atoms with Crippen LogP contribution in [0.25, 0.3) is 0 Å². The number of alkyl halides is 3. The van der Waals surface area contributed by atoms with Gasteiger partial charge in [-0.1, -0.05) is 26.2 Å². The fourth-order valence-corrected chi connectivity index (χ4v) is 1.12. The van der Waals surface area contributed by atoms with Gasteiger partial charge >= 0.3 is 3.93 Å². The highest BCUT2D eigenvalue weighted by Gasteiger charge is 2.33. The molecule has 0 radical (unpaired) electrons. The van der Waals surface area contributed by atoms with E-state index < -0.39 is 9.71 Å². The SMILES string of the molecule is CCCCCCC(=O)C(F)(F)I. The van der Waals surface area contributed by atoms with Gasteiger partial charge < -0.3 is 0 Å². The minimum absolute atomic E-state index is 0.00986. The summed E-state index contributed by atoms with van der Waals surface area (Å²) in [6.07, 6.45) is 3.53. The van der Waals surface area contributed by atoms with Gasteiger partial charge in [0.2, 0.25) is 5.78 Å². The fraction of sp³-hybridized carbons (Fsp3) is 0.875. The Hall–Kier alpha value is 0.260. The molecule has 0 bridgehead atoms. The number of rotatable bonds is 6. The fourth-order valence-electron chi connectivity index (χ4n) is 0.854. The van der Waals surface area contributed by atoms with Gasteiger partial charge in [-0.2, -0.15) is 8.78 Å². The molecule has 0 aliphatic carbocycles. The zero-order valence-corrected chi connectivity index (χ0v) is 9.24. The summed E-state index contributed by atoms with van der Waals surface area (Å²) in [6, 6.07) is 0. The standard InChI is InChI=1S/C8H13F2IO/c1-2-3-4-5-6-7(12)8(9,10)11/h2-6H2,1H3. The summed E-state index contributed by atoms with van der Waals surface area (Å²) in [6.45, 7) is 2.04. The maximum Gasteiger partial charge on any atom is 0.353 e. The molecule has 0 aromatic rings. The number of unbranched alkanes of at least 4 members (excludes halogenated alkanes) is 3. The quantitative estimate of drug-likeness (QED) is 0.415. The van der Waals surface area contributed by atoms with E-state index in [1.165, 1.54) is 0 Å². The number of Topliss-reactive ketones (excluding diaryl/α,β-unsaturated/α-hetero) is 1. The highest BCUT2D eigenvalue weighted by Crippen LogP contribution is 2.25. The summed E-state index contributed by atoms with van der Waals surface area (Å²) in [7, 11) is 0. The van der Waals surface area contributed by atoms with E-state index in [9.17, 15) is 13.6 Å². The molecule has 12 heavy (non-hydrogen) atoms. The van der Waals surface area contributed by atoms with Gasteiger partial charge in [0.1, 0.15) is 0 Å². The summed E-state index contributed by atoms with van der Waals surface area (Å²) in [4.78, 5) is 10.7. The lowest BCUT2D eigenvalue weighted by molar-refractivity contribution is -0.131. The number of hydrogen-bond donors (Lipinski definition) is 0. The topological polar surface area (TPSA) is 17.1 Å². The highest BCUT2D eigenvalue weighted by atomic mass is 127. The average Bonchev–Trinajstić information content (AvgIpc) is 1.96. The van der Waals surface area contributed by atoms with E-state index in [-0.39, 0.29) is 6.42 Å². The molecule has 0 aliphatic rings. The largest absolute Gasteiger partial charge is 0.353 e. The third-order valence-electron chi connectivity index (χ3n) is 1.57. The number of carbonyl (C=O) groups excluding carboxylic acids is 1. The minimum Gasteiger partial charge on any atom is -0.292 e. The number of hydrogen-bond acceptors (Lipinski definition) is 1. The van der Waals surface area contributed by atoms with Gasteiger partial charge in [0.25, 0.3) is 0 Å². The van der Waals surface area contributed by atoms with Gasteiger partial charge in [-0.3, -0.25) is 4.79 Å². The first-order chi connectivity index (χ1) is 5.48. The van der Waals surface area contributed by atoms with E-state index in [1.54, 1.807) is 0 Å². The molecule has 0 unspecified atom stereocenters. The lowest BCUT2D eigenvalue weighted by Crippen LogP contribution is -2.19. The second-order valence-corrected chi connectivity index (χ2v) is 4.09. The van der Waals surface area contributed by atoms with Gasteiger partial charge in [0.15, 0.2) is 0 Å². The van der Waals surface area contributed by atoms with Crippen molar-refractivity contribution in [1.82, 2.24) is 0 Å². The highest BCUT2D eigenvalue weighted by molar-refractivity contribution is 14.1. The summed E-state index contributed by atoms with van der Waals surface area (Å²) < 4.78 is 21.4. The third-order valence-corrected chi connectivity index (χ3v) is 2.18. The molecule has 0 aromatic heterocycles. The van der Waals surface area contributed by atoms with Crippen LogP contribution in [0, 0.1) is 0 Å². The van der Waals surface area contributed by atoms with Crippen LogP contribution in [0.1, 0.15) is 39.0 Å². The zero-order valence-electron chi connectivity index (χ0n) is 7.08. The Bertz CT molecular complexity index is 142. The van der Waals surface area contributed by atoms with Crippen molar-refractivity contribution in [3.8, 4) is 0 Å². The predicted molar refractivity (Wildman–Crippen MR) is 52.7 cm³/mol. The van der Waals surface area contributed by atoms with Crippen molar-refractivity contribution < 1.29 is 13.6 Å². The molecule has 0 aliphatic heterocycles. The van der Waals surface area contributed by atoms with Gasteiger partial charge in [-0.25, -0.2) is 0 Å². The van der Waals surface area contributed by atoms with E-state index in [0.717, 1.165) is 41.9 Å². The van der Waals surface area contributed by atoms with E-state index in [2.05, 4.69) is 0 Å². The van der Waals surface area contributed by atoms with Gasteiger partial charge in [0, 0.05) is 29.0 Å². The monoisotopic (exact) mass is 290 g/mol. The van der Waals surface area contributed by atoms with Gasteiger partial charge in [0.05, 0.1) is 0 Å². The summed E-state index contributed by atoms with van der Waals surface area (Å²) >= 11 is 0.881. The lowest BCUT2D eigenvalue weighted by Gasteiger charge is -2.05. The molecule has 0 rings (SSSR count). The summed E-state index contributed by atoms with van der Waals surface area (Å²) in [5.41, 5.74) is 0. The smallest absolute Gasteiger partial charge is 0.292 e. The maximum absolute atomic E-state index is 12.3. The van der Waals surface area contributed by atoms with Crippen molar-refractivity contribution in [3.05, 3.63) is 0 Å². The van der Waals surface area contributed by atoms with Crippen molar-refractivity contribution in [2.24, 2.45) is 0 Å². The molecule has 0 saturated carbocycles. The third kappa shape index (κ3) is 5.85. The number of ketones is 1. The Balaban J connectivity index is 3.45. The molecule has 0 spiro atoms. The molecule has 4 heteroatoms. The van der Waals surface area contributed by atoms with Crippen LogP contribution in [0.15, 0.2) is 0 Å². The van der Waals surface area contributed by atoms with Crippen LogP contribution in [0.5, 0.6) is 0 Å². The molecular formula is C8H13F2IO. The second-order valence-electron chi connectivity index (χ2n) is 2.73. The van der Waals surface area contributed by atoms with E-state index >= 15 is 0 Å². The molecule has 0 aromatic carbocycles. The van der Waals surface area contributed by atoms with Crippen LogP contribution >= 0.6 is 22.6 Å². The predicted octanol–water partition coefficient (Wildman–Crippen LogP) is 3.55. The van der Waals surface area contributed by atoms with Crippen LogP contribution in [-0.2, 0) is 4.79 Å². The Morgan fingerprint density at radius 3 is 2.33 bits per heavy atom. The molecule has 0 amide bonds. The molecule has 0 heterocycles. The average molecular weight is 290 g/mol. The Labute approximate surface area is 85.0 Å². The van der Waals surface area contributed by atoms with Crippen molar-refractivity contribution in [3.63, 3.8) is 0 Å². The van der Waals surface area contributed by atoms with Crippen molar-refractivity contribution in [1.29, 1.82) is 0 Å². The van der Waals surface area contributed by atoms with Crippen LogP contribution in [0.2, 0.25) is 0 Å². The first kappa shape index (κ1) is 12.3. The van der Waals surface area contributed by atoms with Crippen LogP contribution < -0.4 is 0 Å². The Morgan fingerprint density at radius 1 is 1.33 bits per heavy atom. The first-order valence-corrected chi connectivity index (χ1v) is 5.16. The van der Waals surface area contributed by atoms with Crippen molar-refractivity contribution in [2.75, 3.05) is 0 Å². The summed E-state index contributed by atoms with van der Waals surface area (Å²) in [5.74, 6) is -0.945. The molecule has 0 N–H and O–H groups in total. The Kier molecular flexibility index (Phi) is 5.96. The maximum atomic E-state index is 12.3. The molecule has 0 fully saturated rings. The normalized spacial score (nSPS) is 11.7.